The number of rotatable bonds is 4. The van der Waals surface area contributed by atoms with Crippen LogP contribution in [0.2, 0.25) is 0 Å². The van der Waals surface area contributed by atoms with Crippen LogP contribution in [0.5, 0.6) is 0 Å². The number of hydrogen-bond acceptors (Lipinski definition) is 2. The van der Waals surface area contributed by atoms with Gasteiger partial charge in [-0.25, -0.2) is 13.9 Å². The van der Waals surface area contributed by atoms with Crippen LogP contribution < -0.4 is 5.32 Å². The van der Waals surface area contributed by atoms with Crippen molar-refractivity contribution in [2.24, 2.45) is 0 Å². The van der Waals surface area contributed by atoms with Crippen LogP contribution in [-0.4, -0.2) is 27.8 Å². The van der Waals surface area contributed by atoms with E-state index in [9.17, 15) is 22.4 Å². The monoisotopic (exact) mass is 406 g/mol. The van der Waals surface area contributed by atoms with Gasteiger partial charge in [0.05, 0.1) is 23.0 Å². The minimum Gasteiger partial charge on any atom is -0.321 e. The van der Waals surface area contributed by atoms with Gasteiger partial charge in [0.15, 0.2) is 0 Å². The Morgan fingerprint density at radius 2 is 1.90 bits per heavy atom. The molecule has 0 aliphatic rings. The summed E-state index contributed by atoms with van der Waals surface area (Å²) in [5, 5.41) is 6.49. The van der Waals surface area contributed by atoms with Crippen LogP contribution in [0.4, 0.5) is 28.0 Å². The Bertz CT molecular complexity index is 1000. The minimum absolute atomic E-state index is 0.0684. The second kappa shape index (κ2) is 7.94. The van der Waals surface area contributed by atoms with Gasteiger partial charge in [0.25, 0.3) is 0 Å². The Hall–Kier alpha value is -3.36. The van der Waals surface area contributed by atoms with Crippen molar-refractivity contribution < 1.29 is 22.4 Å². The average molecular weight is 406 g/mol. The van der Waals surface area contributed by atoms with Gasteiger partial charge in [-0.05, 0) is 37.3 Å². The Morgan fingerprint density at radius 3 is 2.52 bits per heavy atom. The predicted octanol–water partition coefficient (Wildman–Crippen LogP) is 5.26. The molecule has 5 nitrogen and oxygen atoms in total. The molecule has 1 atom stereocenters. The Balaban J connectivity index is 1.91. The van der Waals surface area contributed by atoms with E-state index in [1.807, 2.05) is 0 Å². The highest BCUT2D eigenvalue weighted by Crippen LogP contribution is 2.33. The number of nitrogens with zero attached hydrogens (tertiary/aromatic N) is 3. The summed E-state index contributed by atoms with van der Waals surface area (Å²) in [7, 11) is 1.44. The molecule has 0 radical (unpaired) electrons. The maximum absolute atomic E-state index is 14.0. The van der Waals surface area contributed by atoms with Crippen LogP contribution in [0.1, 0.15) is 24.1 Å². The fourth-order valence-corrected chi connectivity index (χ4v) is 2.83. The summed E-state index contributed by atoms with van der Waals surface area (Å²) in [5.41, 5.74) is -0.417. The van der Waals surface area contributed by atoms with E-state index in [0.717, 1.165) is 12.1 Å². The molecule has 29 heavy (non-hydrogen) atoms. The van der Waals surface area contributed by atoms with Crippen molar-refractivity contribution in [2.45, 2.75) is 19.1 Å². The summed E-state index contributed by atoms with van der Waals surface area (Å²) in [6, 6.07) is 9.26. The van der Waals surface area contributed by atoms with E-state index >= 15 is 0 Å². The molecule has 0 aliphatic heterocycles. The molecule has 0 fully saturated rings. The Kier molecular flexibility index (Phi) is 5.58. The van der Waals surface area contributed by atoms with Crippen LogP contribution >= 0.6 is 0 Å². The Morgan fingerprint density at radius 1 is 1.17 bits per heavy atom. The minimum atomic E-state index is -4.57. The number of carbonyl (C=O) groups excluding carboxylic acids is 1. The third-order valence-corrected chi connectivity index (χ3v) is 4.57. The number of alkyl halides is 3. The first-order valence-electron chi connectivity index (χ1n) is 8.68. The smallest absolute Gasteiger partial charge is 0.321 e. The second-order valence-corrected chi connectivity index (χ2v) is 6.42. The lowest BCUT2D eigenvalue weighted by Crippen LogP contribution is -2.34. The van der Waals surface area contributed by atoms with E-state index in [0.29, 0.717) is 5.56 Å². The number of nitrogens with one attached hydrogen (secondary N) is 1. The molecule has 0 spiro atoms. The maximum atomic E-state index is 14.0. The number of aromatic nitrogens is 2. The molecular formula is C20H18F4N4O. The van der Waals surface area contributed by atoms with Gasteiger partial charge in [0.2, 0.25) is 0 Å². The van der Waals surface area contributed by atoms with Crippen molar-refractivity contribution in [3.8, 4) is 5.69 Å². The molecule has 0 saturated heterocycles. The van der Waals surface area contributed by atoms with Crippen LogP contribution in [0.25, 0.3) is 5.69 Å². The van der Waals surface area contributed by atoms with Crippen molar-refractivity contribution in [3.63, 3.8) is 0 Å². The number of halogens is 4. The number of urea groups is 1. The molecule has 2 aromatic carbocycles. The van der Waals surface area contributed by atoms with Crippen molar-refractivity contribution in [1.82, 2.24) is 14.7 Å². The van der Waals surface area contributed by atoms with E-state index in [4.69, 9.17) is 0 Å². The topological polar surface area (TPSA) is 50.2 Å². The molecule has 2 amide bonds. The van der Waals surface area contributed by atoms with Gasteiger partial charge < -0.3 is 10.2 Å². The lowest BCUT2D eigenvalue weighted by atomic mass is 10.1. The first-order chi connectivity index (χ1) is 13.7. The Labute approximate surface area is 164 Å². The first-order valence-corrected chi connectivity index (χ1v) is 8.68. The molecule has 0 unspecified atom stereocenters. The van der Waals surface area contributed by atoms with Crippen molar-refractivity contribution in [3.05, 3.63) is 77.9 Å². The molecular weight excluding hydrogens is 388 g/mol. The average Bonchev–Trinajstić information content (AvgIpc) is 3.21. The van der Waals surface area contributed by atoms with Gasteiger partial charge >= 0.3 is 12.2 Å². The molecule has 0 saturated carbocycles. The van der Waals surface area contributed by atoms with Crippen molar-refractivity contribution >= 4 is 11.7 Å². The fraction of sp³-hybridized carbons (Fsp3) is 0.200. The molecule has 1 heterocycles. The molecule has 0 bridgehead atoms. The molecule has 1 N–H and O–H groups in total. The lowest BCUT2D eigenvalue weighted by molar-refractivity contribution is -0.137. The molecule has 3 rings (SSSR count). The number of anilines is 1. The van der Waals surface area contributed by atoms with Crippen molar-refractivity contribution in [1.29, 1.82) is 0 Å². The normalized spacial score (nSPS) is 12.5. The highest BCUT2D eigenvalue weighted by Gasteiger charge is 2.31. The molecule has 152 valence electrons. The van der Waals surface area contributed by atoms with Gasteiger partial charge in [0, 0.05) is 25.0 Å². The van der Waals surface area contributed by atoms with Gasteiger partial charge in [-0.15, -0.1) is 0 Å². The lowest BCUT2D eigenvalue weighted by Gasteiger charge is -2.26. The summed E-state index contributed by atoms with van der Waals surface area (Å²) < 4.78 is 54.8. The molecule has 3 aromatic rings. The highest BCUT2D eigenvalue weighted by atomic mass is 19.4. The van der Waals surface area contributed by atoms with Crippen LogP contribution in [0.3, 0.4) is 0 Å². The molecule has 0 aliphatic carbocycles. The summed E-state index contributed by atoms with van der Waals surface area (Å²) >= 11 is 0. The largest absolute Gasteiger partial charge is 0.416 e. The summed E-state index contributed by atoms with van der Waals surface area (Å²) in [5.74, 6) is -0.476. The summed E-state index contributed by atoms with van der Waals surface area (Å²) in [6.07, 6.45) is -1.56. The van der Waals surface area contributed by atoms with Crippen LogP contribution in [-0.2, 0) is 6.18 Å². The number of benzene rings is 2. The van der Waals surface area contributed by atoms with E-state index in [2.05, 4.69) is 10.4 Å². The third kappa shape index (κ3) is 4.39. The fourth-order valence-electron chi connectivity index (χ4n) is 2.83. The van der Waals surface area contributed by atoms with Gasteiger partial charge in [0.1, 0.15) is 5.82 Å². The number of hydrogen-bond donors (Lipinski definition) is 1. The zero-order chi connectivity index (χ0) is 21.2. The second-order valence-electron chi connectivity index (χ2n) is 6.42. The maximum Gasteiger partial charge on any atom is 0.416 e. The van der Waals surface area contributed by atoms with Gasteiger partial charge in [-0.3, -0.25) is 0 Å². The summed E-state index contributed by atoms with van der Waals surface area (Å²) in [4.78, 5) is 13.9. The zero-order valence-corrected chi connectivity index (χ0v) is 15.6. The number of carbonyl (C=O) groups is 1. The van der Waals surface area contributed by atoms with Gasteiger partial charge in [-0.1, -0.05) is 18.2 Å². The number of amides is 2. The van der Waals surface area contributed by atoms with Gasteiger partial charge in [-0.2, -0.15) is 18.3 Å². The SMILES string of the molecule is C[C@@H](c1ccccc1F)N(C)C(=O)Nc1cc(C(F)(F)F)ccc1-n1cccn1. The van der Waals surface area contributed by atoms with E-state index in [1.54, 1.807) is 31.3 Å². The summed E-state index contributed by atoms with van der Waals surface area (Å²) in [6.45, 7) is 1.62. The predicted molar refractivity (Wildman–Crippen MR) is 100 cm³/mol. The molecule has 9 heteroatoms. The third-order valence-electron chi connectivity index (χ3n) is 4.57. The highest BCUT2D eigenvalue weighted by molar-refractivity contribution is 5.92. The first kappa shape index (κ1) is 20.4. The van der Waals surface area contributed by atoms with E-state index in [1.165, 1.54) is 41.0 Å². The van der Waals surface area contributed by atoms with Crippen LogP contribution in [0, 0.1) is 5.82 Å². The van der Waals surface area contributed by atoms with Crippen LogP contribution in [0.15, 0.2) is 60.9 Å². The standard InChI is InChI=1S/C20H18F4N4O/c1-13(15-6-3-4-7-16(15)21)27(2)19(29)26-17-12-14(20(22,23)24)8-9-18(17)28-11-5-10-25-28/h3-13H,1-2H3,(H,26,29)/t13-/m0/s1. The van der Waals surface area contributed by atoms with E-state index in [-0.39, 0.29) is 11.4 Å². The van der Waals surface area contributed by atoms with E-state index < -0.39 is 29.6 Å². The van der Waals surface area contributed by atoms with Crippen molar-refractivity contribution in [2.75, 3.05) is 12.4 Å². The quantitative estimate of drug-likeness (QED) is 0.602. The zero-order valence-electron chi connectivity index (χ0n) is 15.6. The molecule has 1 aromatic heterocycles.